The summed E-state index contributed by atoms with van der Waals surface area (Å²) >= 11 is 1.67. The van der Waals surface area contributed by atoms with E-state index < -0.39 is 11.7 Å². The Morgan fingerprint density at radius 3 is 2.56 bits per heavy atom. The molecular weight excluding hydrogens is 336 g/mol. The largest absolute Gasteiger partial charge is 0.444 e. The summed E-state index contributed by atoms with van der Waals surface area (Å²) in [4.78, 5) is 26.6. The molecule has 0 saturated carbocycles. The van der Waals surface area contributed by atoms with Crippen LogP contribution in [0.15, 0.2) is 35.7 Å². The number of anilines is 1. The van der Waals surface area contributed by atoms with Crippen LogP contribution in [0, 0.1) is 6.92 Å². The van der Waals surface area contributed by atoms with Crippen LogP contribution in [0.4, 0.5) is 10.5 Å². The highest BCUT2D eigenvalue weighted by atomic mass is 32.1. The van der Waals surface area contributed by atoms with E-state index >= 15 is 0 Å². The molecule has 0 unspecified atom stereocenters. The predicted molar refractivity (Wildman–Crippen MR) is 102 cm³/mol. The molecule has 1 N–H and O–H groups in total. The van der Waals surface area contributed by atoms with E-state index in [2.05, 4.69) is 18.3 Å². The molecule has 0 radical (unpaired) electrons. The standard InChI is InChI=1S/C19H24N2O3S/c1-13-9-10-25-17(13)14-7-6-8-15(11-14)20-16(22)12-21(5)18(23)24-19(2,3)4/h6-11H,12H2,1-5H3,(H,20,22). The number of hydrogen-bond donors (Lipinski definition) is 1. The molecule has 0 aliphatic rings. The van der Waals surface area contributed by atoms with Crippen molar-refractivity contribution in [3.63, 3.8) is 0 Å². The van der Waals surface area contributed by atoms with Crippen LogP contribution in [0.1, 0.15) is 26.3 Å². The Kier molecular flexibility index (Phi) is 5.85. The minimum atomic E-state index is -0.589. The van der Waals surface area contributed by atoms with Crippen LogP contribution in [0.5, 0.6) is 0 Å². The summed E-state index contributed by atoms with van der Waals surface area (Å²) in [6.07, 6.45) is -0.523. The minimum Gasteiger partial charge on any atom is -0.444 e. The molecule has 2 aromatic rings. The molecule has 0 saturated heterocycles. The van der Waals surface area contributed by atoms with Crippen LogP contribution >= 0.6 is 11.3 Å². The van der Waals surface area contributed by atoms with Gasteiger partial charge in [-0.25, -0.2) is 4.79 Å². The van der Waals surface area contributed by atoms with Gasteiger partial charge in [0, 0.05) is 17.6 Å². The fraction of sp³-hybridized carbons (Fsp3) is 0.368. The SMILES string of the molecule is Cc1ccsc1-c1cccc(NC(=O)CN(C)C(=O)OC(C)(C)C)c1. The van der Waals surface area contributed by atoms with Gasteiger partial charge in [-0.15, -0.1) is 11.3 Å². The average molecular weight is 360 g/mol. The van der Waals surface area contributed by atoms with Crippen molar-refractivity contribution < 1.29 is 14.3 Å². The van der Waals surface area contributed by atoms with Crippen molar-refractivity contribution in [2.75, 3.05) is 18.9 Å². The van der Waals surface area contributed by atoms with Gasteiger partial charge in [0.25, 0.3) is 0 Å². The molecule has 0 aliphatic heterocycles. The highest BCUT2D eigenvalue weighted by Crippen LogP contribution is 2.30. The Labute approximate surface area is 152 Å². The van der Waals surface area contributed by atoms with Crippen LogP contribution < -0.4 is 5.32 Å². The van der Waals surface area contributed by atoms with Crippen molar-refractivity contribution in [1.82, 2.24) is 4.90 Å². The van der Waals surface area contributed by atoms with Gasteiger partial charge in [0.1, 0.15) is 12.1 Å². The molecule has 2 amide bonds. The van der Waals surface area contributed by atoms with Crippen LogP contribution in [0.2, 0.25) is 0 Å². The number of hydrogen-bond acceptors (Lipinski definition) is 4. The van der Waals surface area contributed by atoms with E-state index in [1.165, 1.54) is 15.3 Å². The lowest BCUT2D eigenvalue weighted by Gasteiger charge is -2.24. The summed E-state index contributed by atoms with van der Waals surface area (Å²) in [5.74, 6) is -0.270. The minimum absolute atomic E-state index is 0.0723. The van der Waals surface area contributed by atoms with Crippen LogP contribution in [0.3, 0.4) is 0 Å². The number of likely N-dealkylation sites (N-methyl/N-ethyl adjacent to an activating group) is 1. The highest BCUT2D eigenvalue weighted by molar-refractivity contribution is 7.13. The molecule has 0 spiro atoms. The molecule has 1 aromatic carbocycles. The van der Waals surface area contributed by atoms with E-state index in [9.17, 15) is 9.59 Å². The van der Waals surface area contributed by atoms with Crippen molar-refractivity contribution in [1.29, 1.82) is 0 Å². The molecule has 134 valence electrons. The Balaban J connectivity index is 1.99. The molecule has 0 bridgehead atoms. The summed E-state index contributed by atoms with van der Waals surface area (Å²) < 4.78 is 5.24. The molecule has 1 aromatic heterocycles. The van der Waals surface area contributed by atoms with E-state index in [4.69, 9.17) is 4.74 Å². The summed E-state index contributed by atoms with van der Waals surface area (Å²) in [6.45, 7) is 7.36. The number of carbonyl (C=O) groups excluding carboxylic acids is 2. The zero-order valence-corrected chi connectivity index (χ0v) is 16.1. The van der Waals surface area contributed by atoms with Crippen LogP contribution in [0.25, 0.3) is 10.4 Å². The lowest BCUT2D eigenvalue weighted by Crippen LogP contribution is -2.38. The van der Waals surface area contributed by atoms with Gasteiger partial charge in [-0.1, -0.05) is 12.1 Å². The summed E-state index contributed by atoms with van der Waals surface area (Å²) in [6, 6.07) is 9.76. The average Bonchev–Trinajstić information content (AvgIpc) is 2.91. The fourth-order valence-corrected chi connectivity index (χ4v) is 3.15. The van der Waals surface area contributed by atoms with Gasteiger partial charge in [-0.2, -0.15) is 0 Å². The van der Waals surface area contributed by atoms with Gasteiger partial charge in [0.2, 0.25) is 5.91 Å². The monoisotopic (exact) mass is 360 g/mol. The molecule has 0 atom stereocenters. The summed E-state index contributed by atoms with van der Waals surface area (Å²) in [5, 5.41) is 4.88. The zero-order valence-electron chi connectivity index (χ0n) is 15.3. The fourth-order valence-electron chi connectivity index (χ4n) is 2.23. The Hall–Kier alpha value is -2.34. The maximum absolute atomic E-state index is 12.2. The Bertz CT molecular complexity index is 762. The van der Waals surface area contributed by atoms with Crippen molar-refractivity contribution in [2.45, 2.75) is 33.3 Å². The third-order valence-electron chi connectivity index (χ3n) is 3.36. The second kappa shape index (κ2) is 7.70. The maximum Gasteiger partial charge on any atom is 0.410 e. The van der Waals surface area contributed by atoms with Gasteiger partial charge in [0.05, 0.1) is 0 Å². The Morgan fingerprint density at radius 1 is 1.24 bits per heavy atom. The van der Waals surface area contributed by atoms with Crippen molar-refractivity contribution in [3.05, 3.63) is 41.3 Å². The van der Waals surface area contributed by atoms with E-state index in [1.807, 2.05) is 29.6 Å². The molecule has 25 heavy (non-hydrogen) atoms. The number of amides is 2. The smallest absolute Gasteiger partial charge is 0.410 e. The van der Waals surface area contributed by atoms with Crippen LogP contribution in [-0.4, -0.2) is 36.1 Å². The first-order chi connectivity index (χ1) is 11.7. The molecule has 0 fully saturated rings. The molecule has 0 aliphatic carbocycles. The number of carbonyl (C=O) groups is 2. The number of benzene rings is 1. The summed E-state index contributed by atoms with van der Waals surface area (Å²) in [5.41, 5.74) is 2.38. The van der Waals surface area contributed by atoms with Crippen molar-refractivity contribution in [3.8, 4) is 10.4 Å². The molecule has 6 heteroatoms. The summed E-state index contributed by atoms with van der Waals surface area (Å²) in [7, 11) is 1.54. The number of thiophene rings is 1. The van der Waals surface area contributed by atoms with E-state index in [0.29, 0.717) is 5.69 Å². The molecule has 2 rings (SSSR count). The Morgan fingerprint density at radius 2 is 1.96 bits per heavy atom. The van der Waals surface area contributed by atoms with Gasteiger partial charge in [0.15, 0.2) is 0 Å². The lowest BCUT2D eigenvalue weighted by atomic mass is 10.1. The van der Waals surface area contributed by atoms with E-state index in [0.717, 1.165) is 5.56 Å². The molecule has 1 heterocycles. The quantitative estimate of drug-likeness (QED) is 0.871. The van der Waals surface area contributed by atoms with Gasteiger partial charge < -0.3 is 15.0 Å². The topological polar surface area (TPSA) is 58.6 Å². The maximum atomic E-state index is 12.2. The van der Waals surface area contributed by atoms with Gasteiger partial charge in [-0.05, 0) is 62.4 Å². The third-order valence-corrected chi connectivity index (χ3v) is 4.42. The van der Waals surface area contributed by atoms with Gasteiger partial charge in [-0.3, -0.25) is 4.79 Å². The van der Waals surface area contributed by atoms with Gasteiger partial charge >= 0.3 is 6.09 Å². The second-order valence-electron chi connectivity index (χ2n) is 6.90. The first kappa shape index (κ1) is 19.0. The number of ether oxygens (including phenoxy) is 1. The lowest BCUT2D eigenvalue weighted by molar-refractivity contribution is -0.117. The van der Waals surface area contributed by atoms with Crippen molar-refractivity contribution in [2.24, 2.45) is 0 Å². The molecule has 5 nitrogen and oxygen atoms in total. The second-order valence-corrected chi connectivity index (χ2v) is 7.81. The highest BCUT2D eigenvalue weighted by Gasteiger charge is 2.21. The number of aryl methyl sites for hydroxylation is 1. The third kappa shape index (κ3) is 5.60. The first-order valence-corrected chi connectivity index (χ1v) is 8.92. The predicted octanol–water partition coefficient (Wildman–Crippen LogP) is 4.53. The van der Waals surface area contributed by atoms with Crippen LogP contribution in [-0.2, 0) is 9.53 Å². The first-order valence-electron chi connectivity index (χ1n) is 8.04. The zero-order chi connectivity index (χ0) is 18.6. The number of nitrogens with one attached hydrogen (secondary N) is 1. The number of nitrogens with zero attached hydrogens (tertiary/aromatic N) is 1. The van der Waals surface area contributed by atoms with E-state index in [-0.39, 0.29) is 12.5 Å². The van der Waals surface area contributed by atoms with Crippen molar-refractivity contribution >= 4 is 29.0 Å². The molecular formula is C19H24N2O3S. The van der Waals surface area contributed by atoms with E-state index in [1.54, 1.807) is 39.2 Å². The number of rotatable bonds is 4. The normalized spacial score (nSPS) is 11.1.